The lowest BCUT2D eigenvalue weighted by Crippen LogP contribution is -2.42. The van der Waals surface area contributed by atoms with Crippen molar-refractivity contribution in [1.29, 1.82) is 0 Å². The number of likely N-dealkylation sites (N-methyl/N-ethyl adjacent to an activating group) is 1. The summed E-state index contributed by atoms with van der Waals surface area (Å²) in [6, 6.07) is 26.4. The van der Waals surface area contributed by atoms with Gasteiger partial charge in [0.15, 0.2) is 12.4 Å². The van der Waals surface area contributed by atoms with Gasteiger partial charge >= 0.3 is 0 Å². The van der Waals surface area contributed by atoms with Crippen molar-refractivity contribution in [3.8, 4) is 5.75 Å². The van der Waals surface area contributed by atoms with E-state index in [0.717, 1.165) is 6.42 Å². The molecule has 3 aromatic rings. The van der Waals surface area contributed by atoms with E-state index in [1.54, 1.807) is 36.4 Å². The van der Waals surface area contributed by atoms with Crippen LogP contribution in [0, 0.1) is 0 Å². The Kier molecular flexibility index (Phi) is 7.96. The van der Waals surface area contributed by atoms with E-state index in [4.69, 9.17) is 4.74 Å². The highest BCUT2D eigenvalue weighted by Crippen LogP contribution is 2.15. The SMILES string of the molecule is CN(C)[C@H](CNC(=O)COc1ccc(C(=O)c2ccccc2)cc1)Cc1ccccc1. The number of hydrogen-bond donors (Lipinski definition) is 1. The quantitative estimate of drug-likeness (QED) is 0.513. The van der Waals surface area contributed by atoms with Crippen molar-refractivity contribution in [3.63, 3.8) is 0 Å². The van der Waals surface area contributed by atoms with Crippen LogP contribution in [0.3, 0.4) is 0 Å². The zero-order chi connectivity index (χ0) is 22.1. The van der Waals surface area contributed by atoms with Crippen molar-refractivity contribution in [1.82, 2.24) is 10.2 Å². The average Bonchev–Trinajstić information content (AvgIpc) is 2.81. The lowest BCUT2D eigenvalue weighted by atomic mass is 10.0. The van der Waals surface area contributed by atoms with Crippen molar-refractivity contribution in [2.45, 2.75) is 12.5 Å². The molecule has 160 valence electrons. The van der Waals surface area contributed by atoms with Crippen LogP contribution in [0.25, 0.3) is 0 Å². The number of nitrogens with zero attached hydrogens (tertiary/aromatic N) is 1. The number of carbonyl (C=O) groups excluding carboxylic acids is 2. The minimum Gasteiger partial charge on any atom is -0.484 e. The summed E-state index contributed by atoms with van der Waals surface area (Å²) < 4.78 is 5.58. The molecule has 1 N–H and O–H groups in total. The van der Waals surface area contributed by atoms with E-state index in [1.807, 2.05) is 50.5 Å². The molecule has 0 aromatic heterocycles. The number of ether oxygens (including phenoxy) is 1. The fourth-order valence-electron chi connectivity index (χ4n) is 3.21. The summed E-state index contributed by atoms with van der Waals surface area (Å²) in [5.41, 5.74) is 2.45. The van der Waals surface area contributed by atoms with E-state index >= 15 is 0 Å². The van der Waals surface area contributed by atoms with E-state index in [0.29, 0.717) is 23.4 Å². The Morgan fingerprint density at radius 1 is 0.839 bits per heavy atom. The van der Waals surface area contributed by atoms with Gasteiger partial charge in [-0.05, 0) is 50.3 Å². The largest absolute Gasteiger partial charge is 0.484 e. The monoisotopic (exact) mass is 416 g/mol. The van der Waals surface area contributed by atoms with E-state index in [1.165, 1.54) is 5.56 Å². The zero-order valence-corrected chi connectivity index (χ0v) is 18.0. The molecule has 0 unspecified atom stereocenters. The van der Waals surface area contributed by atoms with E-state index in [2.05, 4.69) is 22.3 Å². The average molecular weight is 417 g/mol. The molecule has 0 fully saturated rings. The molecule has 1 atom stereocenters. The number of rotatable bonds is 10. The van der Waals surface area contributed by atoms with Gasteiger partial charge in [-0.1, -0.05) is 60.7 Å². The molecule has 1 amide bonds. The van der Waals surface area contributed by atoms with Crippen molar-refractivity contribution in [2.24, 2.45) is 0 Å². The summed E-state index contributed by atoms with van der Waals surface area (Å²) in [6.07, 6.45) is 0.853. The first-order chi connectivity index (χ1) is 15.0. The van der Waals surface area contributed by atoms with Crippen LogP contribution >= 0.6 is 0 Å². The highest BCUT2D eigenvalue weighted by molar-refractivity contribution is 6.08. The molecule has 0 spiro atoms. The second-order valence-electron chi connectivity index (χ2n) is 7.62. The van der Waals surface area contributed by atoms with Gasteiger partial charge in [-0.3, -0.25) is 9.59 Å². The summed E-state index contributed by atoms with van der Waals surface area (Å²) >= 11 is 0. The van der Waals surface area contributed by atoms with Crippen LogP contribution in [-0.4, -0.2) is 49.9 Å². The maximum absolute atomic E-state index is 12.4. The van der Waals surface area contributed by atoms with Gasteiger partial charge in [0.05, 0.1) is 0 Å². The molecule has 3 rings (SSSR count). The first-order valence-corrected chi connectivity index (χ1v) is 10.3. The summed E-state index contributed by atoms with van der Waals surface area (Å²) in [5, 5.41) is 2.95. The van der Waals surface area contributed by atoms with Crippen LogP contribution in [-0.2, 0) is 11.2 Å². The minimum absolute atomic E-state index is 0.0435. The molecule has 0 saturated heterocycles. The molecular weight excluding hydrogens is 388 g/mol. The highest BCUT2D eigenvalue weighted by atomic mass is 16.5. The zero-order valence-electron chi connectivity index (χ0n) is 18.0. The fourth-order valence-corrected chi connectivity index (χ4v) is 3.21. The predicted molar refractivity (Wildman–Crippen MR) is 122 cm³/mol. The number of amides is 1. The number of nitrogens with one attached hydrogen (secondary N) is 1. The van der Waals surface area contributed by atoms with Crippen LogP contribution in [0.2, 0.25) is 0 Å². The van der Waals surface area contributed by atoms with Gasteiger partial charge in [0.2, 0.25) is 0 Å². The molecule has 5 nitrogen and oxygen atoms in total. The van der Waals surface area contributed by atoms with E-state index in [9.17, 15) is 9.59 Å². The first-order valence-electron chi connectivity index (χ1n) is 10.3. The first kappa shape index (κ1) is 22.2. The Labute approximate surface area is 183 Å². The molecule has 3 aromatic carbocycles. The fraction of sp³-hybridized carbons (Fsp3) is 0.231. The van der Waals surface area contributed by atoms with E-state index < -0.39 is 0 Å². The van der Waals surface area contributed by atoms with Crippen LogP contribution < -0.4 is 10.1 Å². The lowest BCUT2D eigenvalue weighted by molar-refractivity contribution is -0.123. The minimum atomic E-state index is -0.177. The standard InChI is InChI=1S/C26H28N2O3/c1-28(2)23(17-20-9-5-3-6-10-20)18-27-25(29)19-31-24-15-13-22(14-16-24)26(30)21-11-7-4-8-12-21/h3-16,23H,17-19H2,1-2H3,(H,27,29)/t23-/m0/s1. The molecule has 0 bridgehead atoms. The van der Waals surface area contributed by atoms with Gasteiger partial charge in [-0.15, -0.1) is 0 Å². The van der Waals surface area contributed by atoms with Crippen LogP contribution in [0.5, 0.6) is 5.75 Å². The number of carbonyl (C=O) groups is 2. The topological polar surface area (TPSA) is 58.6 Å². The molecule has 5 heteroatoms. The Hall–Kier alpha value is -3.44. The molecule has 0 aliphatic rings. The van der Waals surface area contributed by atoms with Gasteiger partial charge in [0.25, 0.3) is 5.91 Å². The van der Waals surface area contributed by atoms with Crippen molar-refractivity contribution in [3.05, 3.63) is 102 Å². The maximum atomic E-state index is 12.4. The molecule has 0 heterocycles. The van der Waals surface area contributed by atoms with Crippen LogP contribution in [0.1, 0.15) is 21.5 Å². The smallest absolute Gasteiger partial charge is 0.257 e. The molecule has 31 heavy (non-hydrogen) atoms. The Balaban J connectivity index is 1.47. The molecular formula is C26H28N2O3. The van der Waals surface area contributed by atoms with Gasteiger partial charge in [0, 0.05) is 23.7 Å². The van der Waals surface area contributed by atoms with Crippen molar-refractivity contribution >= 4 is 11.7 Å². The molecule has 0 radical (unpaired) electrons. The van der Waals surface area contributed by atoms with Gasteiger partial charge < -0.3 is 15.0 Å². The molecule has 0 saturated carbocycles. The maximum Gasteiger partial charge on any atom is 0.257 e. The van der Waals surface area contributed by atoms with Crippen LogP contribution in [0.4, 0.5) is 0 Å². The Morgan fingerprint density at radius 2 is 1.42 bits per heavy atom. The highest BCUT2D eigenvalue weighted by Gasteiger charge is 2.14. The third-order valence-electron chi connectivity index (χ3n) is 5.10. The van der Waals surface area contributed by atoms with Crippen LogP contribution in [0.15, 0.2) is 84.9 Å². The molecule has 0 aliphatic heterocycles. The third kappa shape index (κ3) is 6.79. The second kappa shape index (κ2) is 11.1. The lowest BCUT2D eigenvalue weighted by Gasteiger charge is -2.24. The number of benzene rings is 3. The normalized spacial score (nSPS) is 11.7. The summed E-state index contributed by atoms with van der Waals surface area (Å²) in [4.78, 5) is 26.8. The summed E-state index contributed by atoms with van der Waals surface area (Å²) in [5.74, 6) is 0.329. The van der Waals surface area contributed by atoms with Gasteiger partial charge in [-0.2, -0.15) is 0 Å². The Bertz CT molecular complexity index is 971. The third-order valence-corrected chi connectivity index (χ3v) is 5.10. The molecule has 0 aliphatic carbocycles. The van der Waals surface area contributed by atoms with Gasteiger partial charge in [0.1, 0.15) is 5.75 Å². The van der Waals surface area contributed by atoms with Crippen molar-refractivity contribution < 1.29 is 14.3 Å². The van der Waals surface area contributed by atoms with Crippen molar-refractivity contribution in [2.75, 3.05) is 27.2 Å². The second-order valence-corrected chi connectivity index (χ2v) is 7.62. The summed E-state index contributed by atoms with van der Waals surface area (Å²) in [6.45, 7) is 0.464. The Morgan fingerprint density at radius 3 is 2.03 bits per heavy atom. The number of ketones is 1. The predicted octanol–water partition coefficient (Wildman–Crippen LogP) is 3.59. The number of hydrogen-bond acceptors (Lipinski definition) is 4. The summed E-state index contributed by atoms with van der Waals surface area (Å²) in [7, 11) is 4.02. The van der Waals surface area contributed by atoms with Gasteiger partial charge in [-0.25, -0.2) is 0 Å². The van der Waals surface area contributed by atoms with E-state index in [-0.39, 0.29) is 24.3 Å².